The number of anilines is 1. The zero-order valence-corrected chi connectivity index (χ0v) is 12.3. The lowest BCUT2D eigenvalue weighted by atomic mass is 10.1. The van der Waals surface area contributed by atoms with Gasteiger partial charge >= 0.3 is 6.36 Å². The third-order valence-electron chi connectivity index (χ3n) is 2.96. The van der Waals surface area contributed by atoms with Crippen molar-refractivity contribution in [2.45, 2.75) is 12.8 Å². The Morgan fingerprint density at radius 2 is 1.80 bits per heavy atom. The van der Waals surface area contributed by atoms with Crippen molar-refractivity contribution in [3.05, 3.63) is 64.0 Å². The fraction of sp³-hybridized carbons (Fsp3) is 0.133. The average Bonchev–Trinajstić information content (AvgIpc) is 2.49. The average molecular weight is 358 g/mol. The van der Waals surface area contributed by atoms with Gasteiger partial charge < -0.3 is 10.1 Å². The standard InChI is InChI=1S/C15H10F4N2O4/c16-12-6-3-10(21(23)24)8-13(12)20-14(22)7-9-1-4-11(5-2-9)25-15(17,18)19/h1-6,8H,7H2,(H,20,22). The van der Waals surface area contributed by atoms with Crippen LogP contribution in [0, 0.1) is 15.9 Å². The third kappa shape index (κ3) is 5.44. The molecule has 0 radical (unpaired) electrons. The molecule has 0 spiro atoms. The number of benzene rings is 2. The lowest BCUT2D eigenvalue weighted by Gasteiger charge is -2.09. The van der Waals surface area contributed by atoms with E-state index in [-0.39, 0.29) is 12.1 Å². The highest BCUT2D eigenvalue weighted by atomic mass is 19.4. The van der Waals surface area contributed by atoms with Gasteiger partial charge in [-0.25, -0.2) is 4.39 Å². The van der Waals surface area contributed by atoms with E-state index in [2.05, 4.69) is 10.1 Å². The molecule has 1 N–H and O–H groups in total. The summed E-state index contributed by atoms with van der Waals surface area (Å²) in [5.41, 5.74) is -0.417. The number of alkyl halides is 3. The molecule has 1 amide bonds. The van der Waals surface area contributed by atoms with Gasteiger partial charge in [-0.05, 0) is 23.8 Å². The summed E-state index contributed by atoms with van der Waals surface area (Å²) in [5, 5.41) is 12.8. The molecule has 0 aromatic heterocycles. The van der Waals surface area contributed by atoms with E-state index in [9.17, 15) is 32.5 Å². The summed E-state index contributed by atoms with van der Waals surface area (Å²) in [4.78, 5) is 21.8. The first-order chi connectivity index (χ1) is 11.6. The Hall–Kier alpha value is -3.17. The van der Waals surface area contributed by atoms with Crippen LogP contribution in [0.1, 0.15) is 5.56 Å². The van der Waals surface area contributed by atoms with Crippen LogP contribution in [0.15, 0.2) is 42.5 Å². The van der Waals surface area contributed by atoms with E-state index in [0.29, 0.717) is 5.56 Å². The van der Waals surface area contributed by atoms with Crippen LogP contribution in [-0.4, -0.2) is 17.2 Å². The Balaban J connectivity index is 2.03. The van der Waals surface area contributed by atoms with Crippen molar-refractivity contribution in [1.82, 2.24) is 0 Å². The molecule has 6 nitrogen and oxygen atoms in total. The highest BCUT2D eigenvalue weighted by Gasteiger charge is 2.30. The van der Waals surface area contributed by atoms with Crippen molar-refractivity contribution in [1.29, 1.82) is 0 Å². The van der Waals surface area contributed by atoms with Crippen LogP contribution in [0.5, 0.6) is 5.75 Å². The number of amides is 1. The minimum absolute atomic E-state index is 0.269. The molecule has 0 aliphatic carbocycles. The van der Waals surface area contributed by atoms with Gasteiger partial charge in [-0.15, -0.1) is 13.2 Å². The zero-order chi connectivity index (χ0) is 18.6. The number of nitrogens with one attached hydrogen (secondary N) is 1. The molecule has 0 saturated carbocycles. The quantitative estimate of drug-likeness (QED) is 0.501. The minimum Gasteiger partial charge on any atom is -0.406 e. The van der Waals surface area contributed by atoms with E-state index in [4.69, 9.17) is 0 Å². The number of rotatable bonds is 5. The predicted octanol–water partition coefficient (Wildman–Crippen LogP) is 3.81. The van der Waals surface area contributed by atoms with Gasteiger partial charge in [0.15, 0.2) is 0 Å². The van der Waals surface area contributed by atoms with E-state index in [1.54, 1.807) is 0 Å². The first-order valence-electron chi connectivity index (χ1n) is 6.72. The number of nitrogens with zero attached hydrogens (tertiary/aromatic N) is 1. The maximum absolute atomic E-state index is 13.6. The Labute approximate surface area is 138 Å². The normalized spacial score (nSPS) is 11.0. The Bertz CT molecular complexity index is 791. The van der Waals surface area contributed by atoms with Gasteiger partial charge in [0, 0.05) is 12.1 Å². The number of nitro benzene ring substituents is 1. The fourth-order valence-electron chi connectivity index (χ4n) is 1.91. The second-order valence-corrected chi connectivity index (χ2v) is 4.84. The summed E-state index contributed by atoms with van der Waals surface area (Å²) in [5.74, 6) is -1.99. The summed E-state index contributed by atoms with van der Waals surface area (Å²) < 4.78 is 53.4. The molecule has 10 heteroatoms. The summed E-state index contributed by atoms with van der Waals surface area (Å²) in [6.45, 7) is 0. The highest BCUT2D eigenvalue weighted by Crippen LogP contribution is 2.24. The van der Waals surface area contributed by atoms with E-state index in [0.717, 1.165) is 30.3 Å². The third-order valence-corrected chi connectivity index (χ3v) is 2.96. The number of hydrogen-bond acceptors (Lipinski definition) is 4. The summed E-state index contributed by atoms with van der Waals surface area (Å²) in [7, 11) is 0. The van der Waals surface area contributed by atoms with E-state index in [1.165, 1.54) is 12.1 Å². The number of halogens is 4. The molecule has 0 saturated heterocycles. The van der Waals surface area contributed by atoms with Gasteiger partial charge in [0.1, 0.15) is 11.6 Å². The van der Waals surface area contributed by atoms with Gasteiger partial charge in [0.2, 0.25) is 5.91 Å². The summed E-state index contributed by atoms with van der Waals surface area (Å²) in [6, 6.07) is 7.21. The van der Waals surface area contributed by atoms with Crippen LogP contribution in [0.2, 0.25) is 0 Å². The molecule has 2 aromatic rings. The molecule has 0 unspecified atom stereocenters. The number of hydrogen-bond donors (Lipinski definition) is 1. The van der Waals surface area contributed by atoms with Crippen molar-refractivity contribution >= 4 is 17.3 Å². The van der Waals surface area contributed by atoms with Crippen molar-refractivity contribution in [3.63, 3.8) is 0 Å². The van der Waals surface area contributed by atoms with Gasteiger partial charge in [-0.1, -0.05) is 12.1 Å². The molecule has 2 rings (SSSR count). The second kappa shape index (κ2) is 7.16. The smallest absolute Gasteiger partial charge is 0.406 e. The largest absolute Gasteiger partial charge is 0.573 e. The van der Waals surface area contributed by atoms with Crippen molar-refractivity contribution in [3.8, 4) is 5.75 Å². The summed E-state index contributed by atoms with van der Waals surface area (Å²) >= 11 is 0. The van der Waals surface area contributed by atoms with Crippen LogP contribution in [0.4, 0.5) is 28.9 Å². The van der Waals surface area contributed by atoms with E-state index >= 15 is 0 Å². The first-order valence-corrected chi connectivity index (χ1v) is 6.72. The molecule has 132 valence electrons. The van der Waals surface area contributed by atoms with Crippen LogP contribution in [0.25, 0.3) is 0 Å². The highest BCUT2D eigenvalue weighted by molar-refractivity contribution is 5.92. The molecule has 0 fully saturated rings. The van der Waals surface area contributed by atoms with Gasteiger partial charge in [-0.3, -0.25) is 14.9 Å². The monoisotopic (exact) mass is 358 g/mol. The number of nitro groups is 1. The lowest BCUT2D eigenvalue weighted by Crippen LogP contribution is -2.17. The number of carbonyl (C=O) groups excluding carboxylic acids is 1. The minimum atomic E-state index is -4.82. The Kier molecular flexibility index (Phi) is 5.20. The SMILES string of the molecule is O=C(Cc1ccc(OC(F)(F)F)cc1)Nc1cc([N+](=O)[O-])ccc1F. The summed E-state index contributed by atoms with van der Waals surface area (Å²) in [6.07, 6.45) is -5.09. The van der Waals surface area contributed by atoms with Gasteiger partial charge in [0.25, 0.3) is 5.69 Å². The maximum Gasteiger partial charge on any atom is 0.573 e. The maximum atomic E-state index is 13.6. The molecule has 0 heterocycles. The van der Waals surface area contributed by atoms with Crippen molar-refractivity contribution in [2.24, 2.45) is 0 Å². The van der Waals surface area contributed by atoms with Gasteiger partial charge in [-0.2, -0.15) is 0 Å². The first kappa shape index (κ1) is 18.2. The number of ether oxygens (including phenoxy) is 1. The number of carbonyl (C=O) groups is 1. The predicted molar refractivity (Wildman–Crippen MR) is 78.5 cm³/mol. The molecule has 0 bridgehead atoms. The molecule has 25 heavy (non-hydrogen) atoms. The Morgan fingerprint density at radius 1 is 1.16 bits per heavy atom. The van der Waals surface area contributed by atoms with E-state index in [1.807, 2.05) is 0 Å². The van der Waals surface area contributed by atoms with Crippen molar-refractivity contribution in [2.75, 3.05) is 5.32 Å². The molecule has 0 atom stereocenters. The fourth-order valence-corrected chi connectivity index (χ4v) is 1.91. The lowest BCUT2D eigenvalue weighted by molar-refractivity contribution is -0.384. The van der Waals surface area contributed by atoms with Crippen LogP contribution >= 0.6 is 0 Å². The molecule has 0 aliphatic rings. The van der Waals surface area contributed by atoms with Crippen molar-refractivity contribution < 1.29 is 32.0 Å². The van der Waals surface area contributed by atoms with Crippen LogP contribution < -0.4 is 10.1 Å². The Morgan fingerprint density at radius 3 is 2.36 bits per heavy atom. The van der Waals surface area contributed by atoms with E-state index < -0.39 is 34.4 Å². The zero-order valence-electron chi connectivity index (χ0n) is 12.3. The van der Waals surface area contributed by atoms with Gasteiger partial charge in [0.05, 0.1) is 17.0 Å². The molecular formula is C15H10F4N2O4. The topological polar surface area (TPSA) is 81.5 Å². The molecule has 0 aliphatic heterocycles. The molecule has 2 aromatic carbocycles. The van der Waals surface area contributed by atoms with Crippen LogP contribution in [0.3, 0.4) is 0 Å². The second-order valence-electron chi connectivity index (χ2n) is 4.84. The number of non-ortho nitro benzene ring substituents is 1. The molecular weight excluding hydrogens is 348 g/mol. The van der Waals surface area contributed by atoms with Crippen LogP contribution in [-0.2, 0) is 11.2 Å².